The second kappa shape index (κ2) is 8.75. The normalized spacial score (nSPS) is 12.2. The molecule has 0 aromatic heterocycles. The van der Waals surface area contributed by atoms with Crippen LogP contribution in [0.15, 0.2) is 95.9 Å². The highest BCUT2D eigenvalue weighted by atomic mass is 32.2. The molecule has 1 unspecified atom stereocenters. The predicted octanol–water partition coefficient (Wildman–Crippen LogP) is 4.76. The Morgan fingerprint density at radius 2 is 1.45 bits per heavy atom. The number of aliphatic hydroxyl groups is 1. The molecule has 0 amide bonds. The molecule has 0 bridgehead atoms. The third-order valence-corrected chi connectivity index (χ3v) is 5.91. The summed E-state index contributed by atoms with van der Waals surface area (Å²) in [6, 6.07) is 27.2. The zero-order chi connectivity index (χ0) is 21.8. The van der Waals surface area contributed by atoms with E-state index in [-0.39, 0.29) is 4.90 Å². The molecule has 4 aromatic carbocycles. The summed E-state index contributed by atoms with van der Waals surface area (Å²) in [6.45, 7) is 0. The van der Waals surface area contributed by atoms with Gasteiger partial charge in [0, 0.05) is 12.0 Å². The Bertz CT molecular complexity index is 1380. The predicted molar refractivity (Wildman–Crippen MR) is 121 cm³/mol. The highest BCUT2D eigenvalue weighted by molar-refractivity contribution is 7.85. The number of aliphatic hydroxyl groups excluding tert-OH is 1. The fourth-order valence-electron chi connectivity index (χ4n) is 3.37. The van der Waals surface area contributed by atoms with Crippen molar-refractivity contribution < 1.29 is 18.1 Å². The third kappa shape index (κ3) is 5.01. The fraction of sp³-hybridized carbons (Fsp3) is 0.0769. The number of rotatable bonds is 4. The largest absolute Gasteiger partial charge is 0.384 e. The van der Waals surface area contributed by atoms with Crippen LogP contribution in [0.1, 0.15) is 28.4 Å². The lowest BCUT2D eigenvalue weighted by atomic mass is 9.98. The summed E-state index contributed by atoms with van der Waals surface area (Å²) in [4.78, 5) is -0.208. The monoisotopic (exact) mass is 428 g/mol. The minimum atomic E-state index is -4.26. The smallest absolute Gasteiger partial charge is 0.294 e. The maximum Gasteiger partial charge on any atom is 0.294 e. The van der Waals surface area contributed by atoms with E-state index < -0.39 is 16.2 Å². The standard InChI is InChI=1S/C26H20O4S/c27-26(22-13-15-25(16-14-22)31(28,29)30)23-12-11-21-10-9-20(17-24(21)18-23)8-4-7-19-5-2-1-3-6-19/h1-3,5-6,9-18,26-27H,7H2,(H,28,29,30). The molecular weight excluding hydrogens is 408 g/mol. The van der Waals surface area contributed by atoms with E-state index in [4.69, 9.17) is 4.55 Å². The van der Waals surface area contributed by atoms with E-state index >= 15 is 0 Å². The van der Waals surface area contributed by atoms with Crippen molar-refractivity contribution in [1.29, 1.82) is 0 Å². The zero-order valence-corrected chi connectivity index (χ0v) is 17.4. The van der Waals surface area contributed by atoms with Gasteiger partial charge in [0.2, 0.25) is 0 Å². The van der Waals surface area contributed by atoms with Gasteiger partial charge in [-0.15, -0.1) is 0 Å². The van der Waals surface area contributed by atoms with Crippen LogP contribution >= 0.6 is 0 Å². The Balaban J connectivity index is 1.58. The second-order valence-corrected chi connectivity index (χ2v) is 8.65. The molecular formula is C26H20O4S. The Kier molecular flexibility index (Phi) is 5.88. The minimum absolute atomic E-state index is 0.208. The molecule has 4 aromatic rings. The van der Waals surface area contributed by atoms with Crippen molar-refractivity contribution in [2.24, 2.45) is 0 Å². The molecule has 0 aliphatic heterocycles. The summed E-state index contributed by atoms with van der Waals surface area (Å²) in [7, 11) is -4.26. The number of hydrogen-bond donors (Lipinski definition) is 2. The molecule has 5 heteroatoms. The Labute approximate surface area is 181 Å². The van der Waals surface area contributed by atoms with Crippen LogP contribution in [-0.4, -0.2) is 18.1 Å². The highest BCUT2D eigenvalue weighted by Gasteiger charge is 2.14. The van der Waals surface area contributed by atoms with Crippen molar-refractivity contribution in [2.75, 3.05) is 0 Å². The van der Waals surface area contributed by atoms with Gasteiger partial charge in [-0.05, 0) is 57.8 Å². The van der Waals surface area contributed by atoms with Crippen LogP contribution < -0.4 is 0 Å². The van der Waals surface area contributed by atoms with Crippen LogP contribution in [0.5, 0.6) is 0 Å². The van der Waals surface area contributed by atoms with Crippen molar-refractivity contribution in [3.05, 3.63) is 113 Å². The molecule has 0 heterocycles. The summed E-state index contributed by atoms with van der Waals surface area (Å²) in [5.74, 6) is 6.39. The van der Waals surface area contributed by atoms with E-state index in [2.05, 4.69) is 11.8 Å². The van der Waals surface area contributed by atoms with Gasteiger partial charge in [0.15, 0.2) is 0 Å². The van der Waals surface area contributed by atoms with Crippen LogP contribution in [-0.2, 0) is 16.5 Å². The first-order valence-corrected chi connectivity index (χ1v) is 11.2. The topological polar surface area (TPSA) is 74.6 Å². The van der Waals surface area contributed by atoms with Gasteiger partial charge < -0.3 is 5.11 Å². The minimum Gasteiger partial charge on any atom is -0.384 e. The average Bonchev–Trinajstić information content (AvgIpc) is 2.78. The Morgan fingerprint density at radius 1 is 0.774 bits per heavy atom. The van der Waals surface area contributed by atoms with Gasteiger partial charge in [-0.25, -0.2) is 0 Å². The molecule has 154 valence electrons. The molecule has 0 saturated carbocycles. The molecule has 0 radical (unpaired) electrons. The lowest BCUT2D eigenvalue weighted by molar-refractivity contribution is 0.220. The molecule has 2 N–H and O–H groups in total. The molecule has 0 aliphatic rings. The van der Waals surface area contributed by atoms with E-state index in [0.717, 1.165) is 16.3 Å². The first kappa shape index (κ1) is 20.8. The van der Waals surface area contributed by atoms with Crippen molar-refractivity contribution in [1.82, 2.24) is 0 Å². The summed E-state index contributed by atoms with van der Waals surface area (Å²) in [5.41, 5.74) is 3.28. The van der Waals surface area contributed by atoms with E-state index in [1.54, 1.807) is 0 Å². The average molecular weight is 429 g/mol. The van der Waals surface area contributed by atoms with E-state index in [0.29, 0.717) is 17.5 Å². The van der Waals surface area contributed by atoms with Gasteiger partial charge in [0.25, 0.3) is 10.1 Å². The number of hydrogen-bond acceptors (Lipinski definition) is 3. The van der Waals surface area contributed by atoms with Gasteiger partial charge in [-0.3, -0.25) is 4.55 Å². The Morgan fingerprint density at radius 3 is 2.16 bits per heavy atom. The second-order valence-electron chi connectivity index (χ2n) is 7.23. The van der Waals surface area contributed by atoms with Crippen molar-refractivity contribution in [3.8, 4) is 11.8 Å². The van der Waals surface area contributed by atoms with Gasteiger partial charge in [-0.1, -0.05) is 72.5 Å². The molecule has 31 heavy (non-hydrogen) atoms. The first-order valence-electron chi connectivity index (χ1n) is 9.72. The van der Waals surface area contributed by atoms with Crippen LogP contribution in [0.2, 0.25) is 0 Å². The SMILES string of the molecule is O=S(=O)(O)c1ccc(C(O)c2ccc3ccc(C#CCc4ccccc4)cc3c2)cc1. The van der Waals surface area contributed by atoms with Gasteiger partial charge in [0.1, 0.15) is 6.10 Å². The number of benzene rings is 4. The van der Waals surface area contributed by atoms with Crippen LogP contribution in [0.25, 0.3) is 10.8 Å². The molecule has 0 spiro atoms. The summed E-state index contributed by atoms with van der Waals surface area (Å²) in [6.07, 6.45) is -0.246. The molecule has 1 atom stereocenters. The lowest BCUT2D eigenvalue weighted by Gasteiger charge is -2.13. The molecule has 0 fully saturated rings. The maximum atomic E-state index is 11.2. The fourth-order valence-corrected chi connectivity index (χ4v) is 3.85. The summed E-state index contributed by atoms with van der Waals surface area (Å²) < 4.78 is 31.5. The molecule has 4 nitrogen and oxygen atoms in total. The van der Waals surface area contributed by atoms with Crippen LogP contribution in [0.3, 0.4) is 0 Å². The number of fused-ring (bicyclic) bond motifs is 1. The van der Waals surface area contributed by atoms with E-state index in [1.807, 2.05) is 66.7 Å². The Hall–Kier alpha value is -3.43. The third-order valence-electron chi connectivity index (χ3n) is 5.04. The van der Waals surface area contributed by atoms with Gasteiger partial charge >= 0.3 is 0 Å². The molecule has 0 saturated heterocycles. The zero-order valence-electron chi connectivity index (χ0n) is 16.6. The quantitative estimate of drug-likeness (QED) is 0.363. The van der Waals surface area contributed by atoms with Gasteiger partial charge in [0.05, 0.1) is 4.90 Å². The van der Waals surface area contributed by atoms with E-state index in [9.17, 15) is 13.5 Å². The van der Waals surface area contributed by atoms with Crippen LogP contribution in [0.4, 0.5) is 0 Å². The molecule has 4 rings (SSSR count). The van der Waals surface area contributed by atoms with E-state index in [1.165, 1.54) is 29.8 Å². The van der Waals surface area contributed by atoms with Crippen LogP contribution in [0, 0.1) is 11.8 Å². The molecule has 0 aliphatic carbocycles. The highest BCUT2D eigenvalue weighted by Crippen LogP contribution is 2.27. The summed E-state index contributed by atoms with van der Waals surface area (Å²) in [5, 5.41) is 12.7. The maximum absolute atomic E-state index is 11.2. The van der Waals surface area contributed by atoms with Crippen molar-refractivity contribution >= 4 is 20.9 Å². The van der Waals surface area contributed by atoms with Gasteiger partial charge in [-0.2, -0.15) is 8.42 Å². The summed E-state index contributed by atoms with van der Waals surface area (Å²) >= 11 is 0. The van der Waals surface area contributed by atoms with Crippen molar-refractivity contribution in [2.45, 2.75) is 17.4 Å². The lowest BCUT2D eigenvalue weighted by Crippen LogP contribution is -2.02. The van der Waals surface area contributed by atoms with Crippen molar-refractivity contribution in [3.63, 3.8) is 0 Å². The first-order chi connectivity index (χ1) is 14.9.